The highest BCUT2D eigenvalue weighted by Gasteiger charge is 2.42. The number of hydrogen-bond donors (Lipinski definition) is 2. The molecule has 5 nitrogen and oxygen atoms in total. The first-order chi connectivity index (χ1) is 13.5. The van der Waals surface area contributed by atoms with Gasteiger partial charge in [-0.2, -0.15) is 0 Å². The van der Waals surface area contributed by atoms with Gasteiger partial charge in [-0.05, 0) is 36.8 Å². The average Bonchev–Trinajstić information content (AvgIpc) is 3.17. The van der Waals surface area contributed by atoms with Crippen molar-refractivity contribution < 1.29 is 23.7 Å². The largest absolute Gasteiger partial charge is 0.506 e. The Morgan fingerprint density at radius 3 is 2.36 bits per heavy atom. The van der Waals surface area contributed by atoms with Crippen molar-refractivity contribution in [3.8, 4) is 11.5 Å². The molecule has 0 amide bonds. The molecule has 0 bridgehead atoms. The number of aromatic hydroxyl groups is 1. The van der Waals surface area contributed by atoms with Gasteiger partial charge in [0.1, 0.15) is 23.1 Å². The van der Waals surface area contributed by atoms with Crippen molar-refractivity contribution in [3.05, 3.63) is 53.9 Å². The van der Waals surface area contributed by atoms with E-state index in [4.69, 9.17) is 4.74 Å². The topological polar surface area (TPSA) is 65.8 Å². The van der Waals surface area contributed by atoms with Crippen molar-refractivity contribution >= 4 is 0 Å². The van der Waals surface area contributed by atoms with Crippen LogP contribution in [0.3, 0.4) is 0 Å². The molecule has 1 unspecified atom stereocenters. The quantitative estimate of drug-likeness (QED) is 0.794. The van der Waals surface area contributed by atoms with Crippen LogP contribution in [0.15, 0.2) is 36.5 Å². The third kappa shape index (κ3) is 4.25. The number of rotatable bonds is 6. The fourth-order valence-corrected chi connectivity index (χ4v) is 4.57. The lowest BCUT2D eigenvalue weighted by Crippen LogP contribution is -2.30. The van der Waals surface area contributed by atoms with E-state index in [0.29, 0.717) is 18.4 Å². The predicted molar refractivity (Wildman–Crippen MR) is 99.2 cm³/mol. The molecular weight excluding hydrogens is 366 g/mol. The van der Waals surface area contributed by atoms with E-state index in [-0.39, 0.29) is 30.1 Å². The maximum absolute atomic E-state index is 13.3. The summed E-state index contributed by atoms with van der Waals surface area (Å²) < 4.78 is 32.5. The van der Waals surface area contributed by atoms with E-state index in [1.807, 2.05) is 0 Å². The number of aliphatic hydroxyl groups excluding tert-OH is 1. The highest BCUT2D eigenvalue weighted by Crippen LogP contribution is 2.40. The van der Waals surface area contributed by atoms with Gasteiger partial charge >= 0.3 is 0 Å². The summed E-state index contributed by atoms with van der Waals surface area (Å²) in [6, 6.07) is 6.62. The number of ether oxygens (including phenoxy) is 1. The van der Waals surface area contributed by atoms with Crippen molar-refractivity contribution in [2.75, 3.05) is 26.2 Å². The Hall–Kier alpha value is -2.25. The molecule has 2 fully saturated rings. The normalized spacial score (nSPS) is 25.6. The highest BCUT2D eigenvalue weighted by atomic mass is 19.1. The van der Waals surface area contributed by atoms with Gasteiger partial charge < -0.3 is 19.8 Å². The first-order valence-electron chi connectivity index (χ1n) is 9.61. The van der Waals surface area contributed by atoms with Gasteiger partial charge in [-0.3, -0.25) is 4.98 Å². The fourth-order valence-electron chi connectivity index (χ4n) is 4.57. The van der Waals surface area contributed by atoms with Crippen molar-refractivity contribution in [1.29, 1.82) is 0 Å². The summed E-state index contributed by atoms with van der Waals surface area (Å²) in [5.74, 6) is -0.0271. The summed E-state index contributed by atoms with van der Waals surface area (Å²) in [4.78, 5) is 6.55. The molecule has 1 saturated heterocycles. The van der Waals surface area contributed by atoms with Crippen LogP contribution in [-0.2, 0) is 0 Å². The maximum atomic E-state index is 13.3. The van der Waals surface area contributed by atoms with Crippen molar-refractivity contribution in [1.82, 2.24) is 9.88 Å². The number of hydrogen-bond acceptors (Lipinski definition) is 5. The van der Waals surface area contributed by atoms with Crippen LogP contribution in [0.1, 0.15) is 24.5 Å². The molecule has 4 atom stereocenters. The zero-order chi connectivity index (χ0) is 19.7. The van der Waals surface area contributed by atoms with Crippen LogP contribution in [0.4, 0.5) is 8.78 Å². The molecule has 28 heavy (non-hydrogen) atoms. The number of halogens is 2. The average molecular weight is 390 g/mol. The minimum absolute atomic E-state index is 0.000476. The Labute approximate surface area is 162 Å². The Balaban J connectivity index is 1.31. The Morgan fingerprint density at radius 1 is 1.11 bits per heavy atom. The van der Waals surface area contributed by atoms with Gasteiger partial charge in [-0.1, -0.05) is 0 Å². The van der Waals surface area contributed by atoms with E-state index in [1.165, 1.54) is 18.3 Å². The molecule has 2 aromatic rings. The Bertz CT molecular complexity index is 784. The first kappa shape index (κ1) is 19.1. The zero-order valence-corrected chi connectivity index (χ0v) is 15.5. The minimum atomic E-state index is -0.628. The van der Waals surface area contributed by atoms with Gasteiger partial charge in [-0.15, -0.1) is 0 Å². The van der Waals surface area contributed by atoms with Gasteiger partial charge in [0.05, 0.1) is 18.9 Å². The number of fused-ring (bicyclic) bond motifs is 1. The third-order valence-electron chi connectivity index (χ3n) is 5.81. The van der Waals surface area contributed by atoms with E-state index < -0.39 is 11.6 Å². The molecule has 2 N–H and O–H groups in total. The van der Waals surface area contributed by atoms with E-state index in [2.05, 4.69) is 9.88 Å². The van der Waals surface area contributed by atoms with Crippen molar-refractivity contribution in [2.45, 2.75) is 24.9 Å². The molecule has 7 heteroatoms. The van der Waals surface area contributed by atoms with Crippen LogP contribution in [0.5, 0.6) is 11.5 Å². The summed E-state index contributed by atoms with van der Waals surface area (Å²) in [5.41, 5.74) is 0.770. The van der Waals surface area contributed by atoms with Crippen LogP contribution in [0.2, 0.25) is 0 Å². The second-order valence-electron chi connectivity index (χ2n) is 7.88. The second-order valence-corrected chi connectivity index (χ2v) is 7.88. The predicted octanol–water partition coefficient (Wildman–Crippen LogP) is 2.93. The molecule has 4 rings (SSSR count). The molecular formula is C21H24F2N2O3. The molecule has 150 valence electrons. The number of benzene rings is 1. The standard InChI is InChI=1S/C21H24F2N2O3/c22-16-5-17(23)7-20(6-16)28-19-3-13-9-25(10-14(13)4-19)11-15(12-26)21-2-1-18(27)8-24-21/h1-2,5-8,13-15,19,26-27H,3-4,9-12H2/t13-,14+,15?,19-. The lowest BCUT2D eigenvalue weighted by atomic mass is 10.0. The number of aliphatic hydroxyl groups is 1. The third-order valence-corrected chi connectivity index (χ3v) is 5.81. The Kier molecular flexibility index (Phi) is 5.46. The molecule has 2 heterocycles. The molecule has 1 aromatic heterocycles. The fraction of sp³-hybridized carbons (Fsp3) is 0.476. The van der Waals surface area contributed by atoms with E-state index >= 15 is 0 Å². The summed E-state index contributed by atoms with van der Waals surface area (Å²) in [5, 5.41) is 19.1. The second kappa shape index (κ2) is 8.01. The van der Waals surface area contributed by atoms with Gasteiger partial charge in [-0.25, -0.2) is 8.78 Å². The molecule has 0 radical (unpaired) electrons. The molecule has 1 aliphatic heterocycles. The molecule has 1 aliphatic carbocycles. The number of nitrogens with zero attached hydrogens (tertiary/aromatic N) is 2. The smallest absolute Gasteiger partial charge is 0.133 e. The number of likely N-dealkylation sites (tertiary alicyclic amines) is 1. The van der Waals surface area contributed by atoms with Crippen LogP contribution >= 0.6 is 0 Å². The zero-order valence-electron chi connectivity index (χ0n) is 15.5. The van der Waals surface area contributed by atoms with E-state index in [9.17, 15) is 19.0 Å². The highest BCUT2D eigenvalue weighted by molar-refractivity contribution is 5.24. The van der Waals surface area contributed by atoms with Crippen LogP contribution in [0, 0.1) is 23.5 Å². The lowest BCUT2D eigenvalue weighted by molar-refractivity contribution is 0.174. The molecule has 2 aliphatic rings. The summed E-state index contributed by atoms with van der Waals surface area (Å²) >= 11 is 0. The molecule has 1 saturated carbocycles. The van der Waals surface area contributed by atoms with Gasteiger partial charge in [0.25, 0.3) is 0 Å². The van der Waals surface area contributed by atoms with Crippen LogP contribution in [-0.4, -0.2) is 52.4 Å². The lowest BCUT2D eigenvalue weighted by Gasteiger charge is -2.24. The number of aromatic nitrogens is 1. The number of pyridine rings is 1. The SMILES string of the molecule is OCC(CN1C[C@H]2C[C@@H](Oc3cc(F)cc(F)c3)C[C@H]2C1)c1ccc(O)cn1. The summed E-state index contributed by atoms with van der Waals surface area (Å²) in [7, 11) is 0. The minimum Gasteiger partial charge on any atom is -0.506 e. The van der Waals surface area contributed by atoms with Gasteiger partial charge in [0.15, 0.2) is 0 Å². The van der Waals surface area contributed by atoms with E-state index in [1.54, 1.807) is 12.1 Å². The maximum Gasteiger partial charge on any atom is 0.133 e. The van der Waals surface area contributed by atoms with Crippen LogP contribution < -0.4 is 4.74 Å². The van der Waals surface area contributed by atoms with Crippen molar-refractivity contribution in [3.63, 3.8) is 0 Å². The summed E-state index contributed by atoms with van der Waals surface area (Å²) in [6.45, 7) is 2.54. The van der Waals surface area contributed by atoms with Gasteiger partial charge in [0, 0.05) is 49.4 Å². The van der Waals surface area contributed by atoms with E-state index in [0.717, 1.165) is 37.7 Å². The van der Waals surface area contributed by atoms with Crippen LogP contribution in [0.25, 0.3) is 0 Å². The van der Waals surface area contributed by atoms with Gasteiger partial charge in [0.2, 0.25) is 0 Å². The first-order valence-corrected chi connectivity index (χ1v) is 9.61. The molecule has 0 spiro atoms. The van der Waals surface area contributed by atoms with Crippen molar-refractivity contribution in [2.24, 2.45) is 11.8 Å². The Morgan fingerprint density at radius 2 is 1.79 bits per heavy atom. The monoisotopic (exact) mass is 390 g/mol. The molecule has 1 aromatic carbocycles. The summed E-state index contributed by atoms with van der Waals surface area (Å²) in [6.07, 6.45) is 3.10.